The van der Waals surface area contributed by atoms with Crippen molar-refractivity contribution in [2.45, 2.75) is 6.92 Å². The molecule has 0 unspecified atom stereocenters. The lowest BCUT2D eigenvalue weighted by Gasteiger charge is -2.03. The minimum atomic E-state index is 0.412. The van der Waals surface area contributed by atoms with Gasteiger partial charge < -0.3 is 9.47 Å². The fraction of sp³-hybridized carbons (Fsp3) is 0.273. The number of hydrogen-bond donors (Lipinski definition) is 0. The smallest absolute Gasteiger partial charge is 0.316 e. The van der Waals surface area contributed by atoms with Crippen molar-refractivity contribution in [3.8, 4) is 11.8 Å². The van der Waals surface area contributed by atoms with E-state index in [2.05, 4.69) is 9.97 Å². The Morgan fingerprint density at radius 1 is 1.33 bits per heavy atom. The third-order valence-electron chi connectivity index (χ3n) is 2.04. The van der Waals surface area contributed by atoms with Crippen molar-refractivity contribution in [3.63, 3.8) is 0 Å². The SMILES string of the molecule is CCOc1ncc2cc(OC)ccc2n1. The highest BCUT2D eigenvalue weighted by molar-refractivity contribution is 5.79. The minimum Gasteiger partial charge on any atom is -0.497 e. The van der Waals surface area contributed by atoms with Gasteiger partial charge >= 0.3 is 6.01 Å². The molecule has 1 aromatic heterocycles. The lowest BCUT2D eigenvalue weighted by Crippen LogP contribution is -1.97. The summed E-state index contributed by atoms with van der Waals surface area (Å²) in [7, 11) is 1.64. The number of ether oxygens (including phenoxy) is 2. The van der Waals surface area contributed by atoms with Crippen LogP contribution in [0.4, 0.5) is 0 Å². The van der Waals surface area contributed by atoms with E-state index in [0.717, 1.165) is 16.7 Å². The summed E-state index contributed by atoms with van der Waals surface area (Å²) >= 11 is 0. The molecule has 0 saturated heterocycles. The molecule has 4 heteroatoms. The molecule has 2 rings (SSSR count). The van der Waals surface area contributed by atoms with Crippen molar-refractivity contribution in [1.82, 2.24) is 9.97 Å². The Morgan fingerprint density at radius 3 is 2.93 bits per heavy atom. The number of hydrogen-bond acceptors (Lipinski definition) is 4. The molecule has 0 N–H and O–H groups in total. The standard InChI is InChI=1S/C11H12N2O2/c1-3-15-11-12-7-8-6-9(14-2)4-5-10(8)13-11/h4-7H,3H2,1-2H3. The van der Waals surface area contributed by atoms with Gasteiger partial charge in [-0.15, -0.1) is 0 Å². The summed E-state index contributed by atoms with van der Waals surface area (Å²) in [6, 6.07) is 6.06. The van der Waals surface area contributed by atoms with Gasteiger partial charge in [0.05, 0.1) is 19.2 Å². The second-order valence-electron chi connectivity index (χ2n) is 3.01. The van der Waals surface area contributed by atoms with Gasteiger partial charge in [-0.05, 0) is 25.1 Å². The molecule has 4 nitrogen and oxygen atoms in total. The highest BCUT2D eigenvalue weighted by atomic mass is 16.5. The summed E-state index contributed by atoms with van der Waals surface area (Å²) in [4.78, 5) is 8.33. The van der Waals surface area contributed by atoms with E-state index in [1.807, 2.05) is 25.1 Å². The monoisotopic (exact) mass is 204 g/mol. The normalized spacial score (nSPS) is 10.3. The van der Waals surface area contributed by atoms with E-state index in [-0.39, 0.29) is 0 Å². The van der Waals surface area contributed by atoms with Crippen LogP contribution in [0.2, 0.25) is 0 Å². The molecule has 0 aliphatic rings. The maximum Gasteiger partial charge on any atom is 0.316 e. The Hall–Kier alpha value is -1.84. The summed E-state index contributed by atoms with van der Waals surface area (Å²) < 4.78 is 10.3. The Kier molecular flexibility index (Phi) is 2.67. The molecule has 1 aromatic carbocycles. The van der Waals surface area contributed by atoms with Gasteiger partial charge in [-0.3, -0.25) is 0 Å². The van der Waals surface area contributed by atoms with Crippen LogP contribution in [-0.2, 0) is 0 Å². The molecule has 0 amide bonds. The first-order valence-electron chi connectivity index (χ1n) is 4.77. The molecule has 0 fully saturated rings. The summed E-state index contributed by atoms with van der Waals surface area (Å²) in [5.41, 5.74) is 0.856. The fourth-order valence-corrected chi connectivity index (χ4v) is 1.32. The second-order valence-corrected chi connectivity index (χ2v) is 3.01. The highest BCUT2D eigenvalue weighted by Gasteiger charge is 2.01. The topological polar surface area (TPSA) is 44.2 Å². The zero-order chi connectivity index (χ0) is 10.7. The van der Waals surface area contributed by atoms with Gasteiger partial charge in [0, 0.05) is 11.6 Å². The van der Waals surface area contributed by atoms with Crippen LogP contribution in [0.1, 0.15) is 6.92 Å². The van der Waals surface area contributed by atoms with Crippen LogP contribution in [0.15, 0.2) is 24.4 Å². The first-order chi connectivity index (χ1) is 7.33. The molecular weight excluding hydrogens is 192 g/mol. The van der Waals surface area contributed by atoms with Crippen molar-refractivity contribution >= 4 is 10.9 Å². The molecule has 0 bridgehead atoms. The van der Waals surface area contributed by atoms with Crippen molar-refractivity contribution in [3.05, 3.63) is 24.4 Å². The largest absolute Gasteiger partial charge is 0.497 e. The molecule has 0 radical (unpaired) electrons. The average Bonchev–Trinajstić information content (AvgIpc) is 2.29. The predicted molar refractivity (Wildman–Crippen MR) is 57.3 cm³/mol. The van der Waals surface area contributed by atoms with Gasteiger partial charge in [-0.1, -0.05) is 0 Å². The first-order valence-corrected chi connectivity index (χ1v) is 4.77. The van der Waals surface area contributed by atoms with Crippen molar-refractivity contribution < 1.29 is 9.47 Å². The van der Waals surface area contributed by atoms with Crippen LogP contribution in [-0.4, -0.2) is 23.7 Å². The molecule has 0 spiro atoms. The Balaban J connectivity index is 2.45. The third-order valence-corrected chi connectivity index (χ3v) is 2.04. The number of rotatable bonds is 3. The van der Waals surface area contributed by atoms with Gasteiger partial charge in [-0.2, -0.15) is 4.98 Å². The van der Waals surface area contributed by atoms with E-state index in [1.165, 1.54) is 0 Å². The molecule has 15 heavy (non-hydrogen) atoms. The second kappa shape index (κ2) is 4.13. The molecule has 1 heterocycles. The Labute approximate surface area is 87.9 Å². The number of aromatic nitrogens is 2. The van der Waals surface area contributed by atoms with Crippen molar-refractivity contribution in [1.29, 1.82) is 0 Å². The van der Waals surface area contributed by atoms with Crippen LogP contribution in [0.25, 0.3) is 10.9 Å². The van der Waals surface area contributed by atoms with E-state index in [1.54, 1.807) is 13.3 Å². The van der Waals surface area contributed by atoms with Crippen LogP contribution < -0.4 is 9.47 Å². The quantitative estimate of drug-likeness (QED) is 0.767. The molecular formula is C11H12N2O2. The van der Waals surface area contributed by atoms with E-state index in [0.29, 0.717) is 12.6 Å². The zero-order valence-corrected chi connectivity index (χ0v) is 8.73. The molecule has 0 aliphatic heterocycles. The number of benzene rings is 1. The zero-order valence-electron chi connectivity index (χ0n) is 8.73. The molecule has 0 saturated carbocycles. The van der Waals surface area contributed by atoms with Crippen LogP contribution >= 0.6 is 0 Å². The average molecular weight is 204 g/mol. The number of methoxy groups -OCH3 is 1. The lowest BCUT2D eigenvalue weighted by atomic mass is 10.2. The van der Waals surface area contributed by atoms with Gasteiger partial charge in [0.25, 0.3) is 0 Å². The first kappa shape index (κ1) is 9.71. The molecule has 78 valence electrons. The summed E-state index contributed by atoms with van der Waals surface area (Å²) in [6.45, 7) is 2.48. The predicted octanol–water partition coefficient (Wildman–Crippen LogP) is 2.04. The van der Waals surface area contributed by atoms with Crippen LogP contribution in [0.3, 0.4) is 0 Å². The summed E-state index contributed by atoms with van der Waals surface area (Å²) in [6.07, 6.45) is 1.73. The minimum absolute atomic E-state index is 0.412. The van der Waals surface area contributed by atoms with E-state index < -0.39 is 0 Å². The third kappa shape index (κ3) is 1.98. The van der Waals surface area contributed by atoms with E-state index in [9.17, 15) is 0 Å². The summed E-state index contributed by atoms with van der Waals surface area (Å²) in [5, 5.41) is 0.942. The summed E-state index contributed by atoms with van der Waals surface area (Å²) in [5.74, 6) is 0.801. The van der Waals surface area contributed by atoms with Gasteiger partial charge in [-0.25, -0.2) is 4.98 Å². The van der Waals surface area contributed by atoms with Gasteiger partial charge in [0.1, 0.15) is 5.75 Å². The van der Waals surface area contributed by atoms with Gasteiger partial charge in [0.15, 0.2) is 0 Å². The van der Waals surface area contributed by atoms with E-state index in [4.69, 9.17) is 9.47 Å². The number of nitrogens with zero attached hydrogens (tertiary/aromatic N) is 2. The van der Waals surface area contributed by atoms with Crippen molar-refractivity contribution in [2.75, 3.05) is 13.7 Å². The number of fused-ring (bicyclic) bond motifs is 1. The highest BCUT2D eigenvalue weighted by Crippen LogP contribution is 2.19. The van der Waals surface area contributed by atoms with Crippen molar-refractivity contribution in [2.24, 2.45) is 0 Å². The maximum absolute atomic E-state index is 5.22. The Bertz CT molecular complexity index is 471. The van der Waals surface area contributed by atoms with Crippen LogP contribution in [0, 0.1) is 0 Å². The molecule has 0 atom stereocenters. The molecule has 0 aliphatic carbocycles. The molecule has 2 aromatic rings. The fourth-order valence-electron chi connectivity index (χ4n) is 1.32. The lowest BCUT2D eigenvalue weighted by molar-refractivity contribution is 0.314. The van der Waals surface area contributed by atoms with Gasteiger partial charge in [0.2, 0.25) is 0 Å². The Morgan fingerprint density at radius 2 is 2.20 bits per heavy atom. The van der Waals surface area contributed by atoms with E-state index >= 15 is 0 Å². The van der Waals surface area contributed by atoms with Crippen LogP contribution in [0.5, 0.6) is 11.8 Å². The maximum atomic E-state index is 5.22.